The number of hydrogen-bond acceptors (Lipinski definition) is 6. The molecule has 0 saturated heterocycles. The largest absolute Gasteiger partial charge is 0.423 e. The van der Waals surface area contributed by atoms with E-state index in [9.17, 15) is 25.0 Å². The minimum Gasteiger partial charge on any atom is -0.423 e. The lowest BCUT2D eigenvalue weighted by molar-refractivity contribution is -0.394. The topological polar surface area (TPSA) is 113 Å². The quantitative estimate of drug-likeness (QED) is 0.324. The Morgan fingerprint density at radius 1 is 0.926 bits per heavy atom. The van der Waals surface area contributed by atoms with Crippen LogP contribution >= 0.6 is 0 Å². The van der Waals surface area contributed by atoms with E-state index in [0.717, 1.165) is 31.0 Å². The molecule has 2 aromatic rings. The number of carbonyl (C=O) groups is 1. The molecular formula is C19H18N2O6. The summed E-state index contributed by atoms with van der Waals surface area (Å²) in [6.45, 7) is 0. The first-order valence-corrected chi connectivity index (χ1v) is 8.70. The molecule has 0 N–H and O–H groups in total. The normalized spacial score (nSPS) is 14.5. The number of carbonyl (C=O) groups excluding carboxylic acids is 1. The van der Waals surface area contributed by atoms with Crippen LogP contribution in [-0.2, 0) is 0 Å². The molecular weight excluding hydrogens is 352 g/mol. The van der Waals surface area contributed by atoms with Gasteiger partial charge >= 0.3 is 5.97 Å². The Morgan fingerprint density at radius 2 is 1.59 bits per heavy atom. The summed E-state index contributed by atoms with van der Waals surface area (Å²) in [5.41, 5.74) is -0.263. The molecule has 0 spiro atoms. The summed E-state index contributed by atoms with van der Waals surface area (Å²) in [7, 11) is 0. The minimum absolute atomic E-state index is 0.271. The van der Waals surface area contributed by atoms with Crippen LogP contribution in [-0.4, -0.2) is 15.8 Å². The SMILES string of the molecule is O=C(Oc1ccc(C2CCCCC2)cc1)c1ccc([N+](=O)[O-])cc1[N+](=O)[O-]. The fraction of sp³-hybridized carbons (Fsp3) is 0.316. The summed E-state index contributed by atoms with van der Waals surface area (Å²) in [6.07, 6.45) is 5.99. The molecule has 0 heterocycles. The Kier molecular flexibility index (Phi) is 5.44. The molecule has 0 unspecified atom stereocenters. The fourth-order valence-corrected chi connectivity index (χ4v) is 3.36. The predicted octanol–water partition coefficient (Wildman–Crippen LogP) is 4.77. The smallest absolute Gasteiger partial charge is 0.350 e. The zero-order chi connectivity index (χ0) is 19.4. The third-order valence-electron chi connectivity index (χ3n) is 4.78. The van der Waals surface area contributed by atoms with Gasteiger partial charge < -0.3 is 4.74 Å². The van der Waals surface area contributed by atoms with Gasteiger partial charge in [-0.3, -0.25) is 20.2 Å². The highest BCUT2D eigenvalue weighted by molar-refractivity contribution is 5.95. The van der Waals surface area contributed by atoms with Crippen molar-refractivity contribution in [3.63, 3.8) is 0 Å². The van der Waals surface area contributed by atoms with E-state index in [4.69, 9.17) is 4.74 Å². The number of rotatable bonds is 5. The van der Waals surface area contributed by atoms with Crippen molar-refractivity contribution in [3.05, 3.63) is 73.8 Å². The van der Waals surface area contributed by atoms with Gasteiger partial charge in [0.1, 0.15) is 11.3 Å². The van der Waals surface area contributed by atoms with Gasteiger partial charge in [-0.25, -0.2) is 4.79 Å². The average molecular weight is 370 g/mol. The lowest BCUT2D eigenvalue weighted by Crippen LogP contribution is -2.11. The van der Waals surface area contributed by atoms with Gasteiger partial charge in [0.25, 0.3) is 11.4 Å². The van der Waals surface area contributed by atoms with Crippen molar-refractivity contribution in [1.29, 1.82) is 0 Å². The maximum atomic E-state index is 12.3. The summed E-state index contributed by atoms with van der Waals surface area (Å²) in [5, 5.41) is 21.9. The van der Waals surface area contributed by atoms with Crippen molar-refractivity contribution in [2.75, 3.05) is 0 Å². The van der Waals surface area contributed by atoms with Crippen LogP contribution in [0.1, 0.15) is 53.9 Å². The molecule has 140 valence electrons. The number of benzene rings is 2. The Morgan fingerprint density at radius 3 is 2.19 bits per heavy atom. The van der Waals surface area contributed by atoms with Gasteiger partial charge in [0.15, 0.2) is 0 Å². The number of hydrogen-bond donors (Lipinski definition) is 0. The van der Waals surface area contributed by atoms with Crippen LogP contribution in [0.4, 0.5) is 11.4 Å². The molecule has 1 aliphatic carbocycles. The van der Waals surface area contributed by atoms with E-state index in [1.807, 2.05) is 12.1 Å². The van der Waals surface area contributed by atoms with E-state index in [2.05, 4.69) is 0 Å². The van der Waals surface area contributed by atoms with E-state index >= 15 is 0 Å². The molecule has 8 nitrogen and oxygen atoms in total. The molecule has 27 heavy (non-hydrogen) atoms. The van der Waals surface area contributed by atoms with Crippen LogP contribution < -0.4 is 4.74 Å². The molecule has 2 aromatic carbocycles. The number of nitro benzene ring substituents is 2. The molecule has 8 heteroatoms. The number of nitrogens with zero attached hydrogens (tertiary/aromatic N) is 2. The molecule has 0 atom stereocenters. The van der Waals surface area contributed by atoms with Crippen LogP contribution in [0.5, 0.6) is 5.75 Å². The summed E-state index contributed by atoms with van der Waals surface area (Å²) in [5.74, 6) is -0.145. The van der Waals surface area contributed by atoms with Crippen LogP contribution in [0.3, 0.4) is 0 Å². The number of ether oxygens (including phenoxy) is 1. The van der Waals surface area contributed by atoms with E-state index in [1.165, 1.54) is 24.8 Å². The van der Waals surface area contributed by atoms with Crippen molar-refractivity contribution in [1.82, 2.24) is 0 Å². The van der Waals surface area contributed by atoms with Gasteiger partial charge in [-0.1, -0.05) is 31.4 Å². The van der Waals surface area contributed by atoms with Crippen molar-refractivity contribution >= 4 is 17.3 Å². The first kappa shape index (κ1) is 18.5. The Bertz CT molecular complexity index is 872. The van der Waals surface area contributed by atoms with Crippen LogP contribution in [0.25, 0.3) is 0 Å². The van der Waals surface area contributed by atoms with Crippen LogP contribution in [0.2, 0.25) is 0 Å². The molecule has 3 rings (SSSR count). The molecule has 0 amide bonds. The third kappa shape index (κ3) is 4.28. The summed E-state index contributed by atoms with van der Waals surface area (Å²) in [6, 6.07) is 9.97. The predicted molar refractivity (Wildman–Crippen MR) is 97.0 cm³/mol. The molecule has 0 aromatic heterocycles. The fourth-order valence-electron chi connectivity index (χ4n) is 3.36. The van der Waals surface area contributed by atoms with Gasteiger partial charge in [-0.15, -0.1) is 0 Å². The first-order valence-electron chi connectivity index (χ1n) is 8.70. The lowest BCUT2D eigenvalue weighted by Gasteiger charge is -2.22. The number of nitro groups is 2. The van der Waals surface area contributed by atoms with E-state index in [-0.39, 0.29) is 11.3 Å². The van der Waals surface area contributed by atoms with Crippen molar-refractivity contribution in [3.8, 4) is 5.75 Å². The second-order valence-corrected chi connectivity index (χ2v) is 6.51. The van der Waals surface area contributed by atoms with Gasteiger partial charge in [0.2, 0.25) is 0 Å². The number of esters is 1. The van der Waals surface area contributed by atoms with Gasteiger partial charge in [0.05, 0.1) is 15.9 Å². The summed E-state index contributed by atoms with van der Waals surface area (Å²) in [4.78, 5) is 32.6. The maximum absolute atomic E-state index is 12.3. The van der Waals surface area contributed by atoms with Gasteiger partial charge in [0, 0.05) is 6.07 Å². The number of non-ortho nitro benzene ring substituents is 1. The van der Waals surface area contributed by atoms with Crippen molar-refractivity contribution in [2.24, 2.45) is 0 Å². The van der Waals surface area contributed by atoms with Gasteiger partial charge in [-0.05, 0) is 42.5 Å². The highest BCUT2D eigenvalue weighted by Crippen LogP contribution is 2.33. The zero-order valence-electron chi connectivity index (χ0n) is 14.5. The highest BCUT2D eigenvalue weighted by atomic mass is 16.6. The zero-order valence-corrected chi connectivity index (χ0v) is 14.5. The lowest BCUT2D eigenvalue weighted by atomic mass is 9.84. The molecule has 1 fully saturated rings. The molecule has 0 bridgehead atoms. The van der Waals surface area contributed by atoms with Crippen molar-refractivity contribution < 1.29 is 19.4 Å². The molecule has 1 saturated carbocycles. The van der Waals surface area contributed by atoms with Crippen molar-refractivity contribution in [2.45, 2.75) is 38.0 Å². The highest BCUT2D eigenvalue weighted by Gasteiger charge is 2.25. The van der Waals surface area contributed by atoms with E-state index in [0.29, 0.717) is 5.92 Å². The maximum Gasteiger partial charge on any atom is 0.350 e. The average Bonchev–Trinajstić information content (AvgIpc) is 2.68. The van der Waals surface area contributed by atoms with E-state index < -0.39 is 27.2 Å². The second-order valence-electron chi connectivity index (χ2n) is 6.51. The molecule has 1 aliphatic rings. The van der Waals surface area contributed by atoms with E-state index in [1.54, 1.807) is 12.1 Å². The first-order chi connectivity index (χ1) is 13.0. The van der Waals surface area contributed by atoms with Crippen LogP contribution in [0.15, 0.2) is 42.5 Å². The summed E-state index contributed by atoms with van der Waals surface area (Å²) < 4.78 is 5.22. The third-order valence-corrected chi connectivity index (χ3v) is 4.78. The Hall–Kier alpha value is -3.29. The Labute approximate surface area is 155 Å². The monoisotopic (exact) mass is 370 g/mol. The standard InChI is InChI=1S/C19H18N2O6/c22-19(17-11-8-15(20(23)24)12-18(17)21(25)26)27-16-9-6-14(7-10-16)13-4-2-1-3-5-13/h6-13H,1-5H2. The molecule has 0 radical (unpaired) electrons. The van der Waals surface area contributed by atoms with Crippen LogP contribution in [0, 0.1) is 20.2 Å². The van der Waals surface area contributed by atoms with Gasteiger partial charge in [-0.2, -0.15) is 0 Å². The molecule has 0 aliphatic heterocycles. The minimum atomic E-state index is -0.929. The summed E-state index contributed by atoms with van der Waals surface area (Å²) >= 11 is 0. The Balaban J connectivity index is 1.77. The second kappa shape index (κ2) is 7.94.